The topological polar surface area (TPSA) is 75.8 Å². The molecule has 0 heterocycles. The van der Waals surface area contributed by atoms with E-state index in [1.807, 2.05) is 60.7 Å². The molecule has 0 aliphatic heterocycles. The van der Waals surface area contributed by atoms with E-state index in [9.17, 15) is 5.26 Å². The van der Waals surface area contributed by atoms with Crippen molar-refractivity contribution in [3.8, 4) is 6.07 Å². The molecule has 0 aliphatic rings. The van der Waals surface area contributed by atoms with Gasteiger partial charge in [-0.3, -0.25) is 0 Å². The summed E-state index contributed by atoms with van der Waals surface area (Å²) in [5, 5.41) is 13.9. The number of rotatable bonds is 10. The standard InChI is InChI=1S/C26H27N5/c1-31(20-17-22-13-15-25(16-14-22)29-30-28)19-8-18-26(21-27,23-9-4-2-5-10-23)24-11-6-3-7-12-24/h2-7,9-16H,8,17-20H2,1H3. The van der Waals surface area contributed by atoms with Crippen LogP contribution in [0.25, 0.3) is 10.4 Å². The van der Waals surface area contributed by atoms with E-state index >= 15 is 0 Å². The molecule has 3 aromatic carbocycles. The third-order valence-corrected chi connectivity index (χ3v) is 5.69. The summed E-state index contributed by atoms with van der Waals surface area (Å²) in [7, 11) is 2.12. The van der Waals surface area contributed by atoms with Gasteiger partial charge in [0.25, 0.3) is 0 Å². The number of benzene rings is 3. The summed E-state index contributed by atoms with van der Waals surface area (Å²) in [5.74, 6) is 0. The summed E-state index contributed by atoms with van der Waals surface area (Å²) in [6.07, 6.45) is 2.61. The van der Waals surface area contributed by atoms with Crippen LogP contribution in [0, 0.1) is 11.3 Å². The molecule has 0 saturated heterocycles. The lowest BCUT2D eigenvalue weighted by molar-refractivity contribution is 0.322. The van der Waals surface area contributed by atoms with E-state index < -0.39 is 5.41 Å². The van der Waals surface area contributed by atoms with Crippen molar-refractivity contribution in [1.82, 2.24) is 4.90 Å². The van der Waals surface area contributed by atoms with Crippen molar-refractivity contribution >= 4 is 5.69 Å². The van der Waals surface area contributed by atoms with Crippen molar-refractivity contribution in [2.75, 3.05) is 20.1 Å². The van der Waals surface area contributed by atoms with Crippen molar-refractivity contribution in [2.24, 2.45) is 5.11 Å². The van der Waals surface area contributed by atoms with Crippen LogP contribution < -0.4 is 0 Å². The molecular weight excluding hydrogens is 382 g/mol. The van der Waals surface area contributed by atoms with Crippen LogP contribution in [0.3, 0.4) is 0 Å². The van der Waals surface area contributed by atoms with Crippen molar-refractivity contribution < 1.29 is 0 Å². The first-order valence-electron chi connectivity index (χ1n) is 10.5. The predicted octanol–water partition coefficient (Wildman–Crippen LogP) is 6.39. The van der Waals surface area contributed by atoms with Crippen molar-refractivity contribution in [3.05, 3.63) is 112 Å². The second kappa shape index (κ2) is 11.0. The third kappa shape index (κ3) is 5.73. The second-order valence-corrected chi connectivity index (χ2v) is 7.76. The normalized spacial score (nSPS) is 11.0. The van der Waals surface area contributed by atoms with Gasteiger partial charge in [0.15, 0.2) is 0 Å². The van der Waals surface area contributed by atoms with Crippen LogP contribution in [-0.2, 0) is 11.8 Å². The molecule has 3 aromatic rings. The van der Waals surface area contributed by atoms with Crippen molar-refractivity contribution in [2.45, 2.75) is 24.7 Å². The highest BCUT2D eigenvalue weighted by molar-refractivity contribution is 5.45. The molecule has 0 aliphatic carbocycles. The molecule has 0 N–H and O–H groups in total. The highest BCUT2D eigenvalue weighted by Crippen LogP contribution is 2.36. The van der Waals surface area contributed by atoms with E-state index in [1.54, 1.807) is 0 Å². The van der Waals surface area contributed by atoms with Crippen LogP contribution in [-0.4, -0.2) is 25.0 Å². The van der Waals surface area contributed by atoms with Crippen molar-refractivity contribution in [1.29, 1.82) is 5.26 Å². The van der Waals surface area contributed by atoms with Crippen LogP contribution >= 0.6 is 0 Å². The molecule has 0 amide bonds. The van der Waals surface area contributed by atoms with E-state index in [0.717, 1.165) is 43.5 Å². The molecule has 156 valence electrons. The molecule has 0 unspecified atom stereocenters. The van der Waals surface area contributed by atoms with Crippen LogP contribution in [0.4, 0.5) is 5.69 Å². The maximum atomic E-state index is 10.3. The largest absolute Gasteiger partial charge is 0.306 e. The molecule has 0 fully saturated rings. The van der Waals surface area contributed by atoms with E-state index in [-0.39, 0.29) is 0 Å². The number of likely N-dealkylation sites (N-methyl/N-ethyl adjacent to an activating group) is 1. The average Bonchev–Trinajstić information content (AvgIpc) is 2.83. The highest BCUT2D eigenvalue weighted by Gasteiger charge is 2.33. The van der Waals surface area contributed by atoms with E-state index in [2.05, 4.69) is 52.3 Å². The minimum atomic E-state index is -0.638. The maximum absolute atomic E-state index is 10.3. The summed E-state index contributed by atoms with van der Waals surface area (Å²) in [6.45, 7) is 1.84. The predicted molar refractivity (Wildman–Crippen MR) is 125 cm³/mol. The zero-order chi connectivity index (χ0) is 21.9. The van der Waals surface area contributed by atoms with Crippen LogP contribution in [0.2, 0.25) is 0 Å². The van der Waals surface area contributed by atoms with Crippen LogP contribution in [0.1, 0.15) is 29.5 Å². The van der Waals surface area contributed by atoms with Gasteiger partial charge in [0.2, 0.25) is 0 Å². The molecule has 0 bridgehead atoms. The molecule has 0 spiro atoms. The van der Waals surface area contributed by atoms with Gasteiger partial charge in [0.05, 0.1) is 6.07 Å². The quantitative estimate of drug-likeness (QED) is 0.221. The minimum absolute atomic E-state index is 0.634. The molecule has 0 saturated carbocycles. The van der Waals surface area contributed by atoms with Gasteiger partial charge < -0.3 is 4.90 Å². The monoisotopic (exact) mass is 409 g/mol. The fraction of sp³-hybridized carbons (Fsp3) is 0.269. The van der Waals surface area contributed by atoms with Gasteiger partial charge in [0.1, 0.15) is 5.41 Å². The Hall–Kier alpha value is -3.58. The number of nitriles is 1. The average molecular weight is 410 g/mol. The number of hydrogen-bond acceptors (Lipinski definition) is 3. The second-order valence-electron chi connectivity index (χ2n) is 7.76. The Bertz CT molecular complexity index is 993. The first-order chi connectivity index (χ1) is 15.2. The van der Waals surface area contributed by atoms with Crippen LogP contribution in [0.5, 0.6) is 0 Å². The van der Waals surface area contributed by atoms with Crippen molar-refractivity contribution in [3.63, 3.8) is 0 Å². The van der Waals surface area contributed by atoms with E-state index in [4.69, 9.17) is 5.53 Å². The first kappa shape index (κ1) is 22.1. The van der Waals surface area contributed by atoms with Crippen LogP contribution in [0.15, 0.2) is 90.0 Å². The summed E-state index contributed by atoms with van der Waals surface area (Å²) in [6, 6.07) is 30.6. The van der Waals surface area contributed by atoms with E-state index in [1.165, 1.54) is 5.56 Å². The molecule has 0 atom stereocenters. The molecular formula is C26H27N5. The minimum Gasteiger partial charge on any atom is -0.306 e. The zero-order valence-electron chi connectivity index (χ0n) is 17.9. The zero-order valence-corrected chi connectivity index (χ0v) is 17.9. The number of nitrogens with zero attached hydrogens (tertiary/aromatic N) is 5. The smallest absolute Gasteiger partial charge is 0.107 e. The Morgan fingerprint density at radius 1 is 0.903 bits per heavy atom. The Balaban J connectivity index is 1.62. The van der Waals surface area contributed by atoms with Gasteiger partial charge in [0, 0.05) is 17.1 Å². The maximum Gasteiger partial charge on any atom is 0.107 e. The molecule has 5 nitrogen and oxygen atoms in total. The summed E-state index contributed by atoms with van der Waals surface area (Å²) in [4.78, 5) is 5.11. The Labute approximate surface area is 184 Å². The molecule has 0 aromatic heterocycles. The summed E-state index contributed by atoms with van der Waals surface area (Å²) < 4.78 is 0. The van der Waals surface area contributed by atoms with Gasteiger partial charge >= 0.3 is 0 Å². The molecule has 31 heavy (non-hydrogen) atoms. The Morgan fingerprint density at radius 2 is 1.48 bits per heavy atom. The Morgan fingerprint density at radius 3 is 2.00 bits per heavy atom. The first-order valence-corrected chi connectivity index (χ1v) is 10.5. The summed E-state index contributed by atoms with van der Waals surface area (Å²) in [5.41, 5.74) is 11.8. The number of azide groups is 1. The fourth-order valence-corrected chi connectivity index (χ4v) is 3.91. The van der Waals surface area contributed by atoms with E-state index in [0.29, 0.717) is 5.69 Å². The SMILES string of the molecule is CN(CCCC(C#N)(c1ccccc1)c1ccccc1)CCc1ccc(N=[N+]=[N-])cc1. The van der Waals surface area contributed by atoms with Gasteiger partial charge in [-0.05, 0) is 55.1 Å². The molecule has 3 rings (SSSR count). The van der Waals surface area contributed by atoms with Gasteiger partial charge in [-0.2, -0.15) is 5.26 Å². The Kier molecular flexibility index (Phi) is 7.84. The fourth-order valence-electron chi connectivity index (χ4n) is 3.91. The van der Waals surface area contributed by atoms with Gasteiger partial charge in [-0.1, -0.05) is 90.0 Å². The lowest BCUT2D eigenvalue weighted by Crippen LogP contribution is -2.29. The van der Waals surface area contributed by atoms with Gasteiger partial charge in [-0.15, -0.1) is 0 Å². The lowest BCUT2D eigenvalue weighted by Gasteiger charge is -2.29. The van der Waals surface area contributed by atoms with Gasteiger partial charge in [-0.25, -0.2) is 0 Å². The molecule has 0 radical (unpaired) electrons. The third-order valence-electron chi connectivity index (χ3n) is 5.69. The lowest BCUT2D eigenvalue weighted by atomic mass is 9.72. The summed E-state index contributed by atoms with van der Waals surface area (Å²) >= 11 is 0. The highest BCUT2D eigenvalue weighted by atomic mass is 15.1. The number of hydrogen-bond donors (Lipinski definition) is 0. The molecule has 5 heteroatoms.